The predicted molar refractivity (Wildman–Crippen MR) is 81.4 cm³/mol. The molecule has 0 aromatic heterocycles. The van der Waals surface area contributed by atoms with Crippen molar-refractivity contribution < 1.29 is 14.3 Å². The molecule has 1 fully saturated rings. The van der Waals surface area contributed by atoms with Gasteiger partial charge in [-0.3, -0.25) is 0 Å². The number of hydrogen-bond acceptors (Lipinski definition) is 5. The summed E-state index contributed by atoms with van der Waals surface area (Å²) in [4.78, 5) is 18.3. The standard InChI is InChI=1S/C15H27N3O3/c1-13(2,3)21-12(19)18-8-6-15(16,7-9-18)11-17-14(4,5)10-20-11/h6-10,16H2,1-5H3. The highest BCUT2D eigenvalue weighted by Gasteiger charge is 2.43. The minimum atomic E-state index is -0.563. The quantitative estimate of drug-likeness (QED) is 0.802. The van der Waals surface area contributed by atoms with Gasteiger partial charge in [-0.1, -0.05) is 0 Å². The smallest absolute Gasteiger partial charge is 0.410 e. The Balaban J connectivity index is 1.95. The third-order valence-electron chi connectivity index (χ3n) is 3.70. The second kappa shape index (κ2) is 5.16. The molecule has 2 rings (SSSR count). The molecule has 2 heterocycles. The highest BCUT2D eigenvalue weighted by atomic mass is 16.6. The topological polar surface area (TPSA) is 77.2 Å². The van der Waals surface area contributed by atoms with Crippen LogP contribution in [0.5, 0.6) is 0 Å². The maximum atomic E-state index is 12.1. The van der Waals surface area contributed by atoms with Crippen LogP contribution in [0.4, 0.5) is 4.79 Å². The zero-order chi connectivity index (χ0) is 15.9. The summed E-state index contributed by atoms with van der Waals surface area (Å²) >= 11 is 0. The van der Waals surface area contributed by atoms with Crippen molar-refractivity contribution in [3.8, 4) is 0 Å². The second-order valence-electron chi connectivity index (χ2n) is 7.64. The first kappa shape index (κ1) is 16.1. The van der Waals surface area contributed by atoms with E-state index in [0.717, 1.165) is 0 Å². The molecule has 2 N–H and O–H groups in total. The molecule has 0 unspecified atom stereocenters. The number of carbonyl (C=O) groups is 1. The van der Waals surface area contributed by atoms with E-state index in [1.54, 1.807) is 4.90 Å². The summed E-state index contributed by atoms with van der Waals surface area (Å²) in [7, 11) is 0. The first-order chi connectivity index (χ1) is 9.51. The van der Waals surface area contributed by atoms with E-state index in [1.165, 1.54) is 0 Å². The molecule has 0 aromatic carbocycles. The molecular formula is C15H27N3O3. The van der Waals surface area contributed by atoms with E-state index < -0.39 is 11.1 Å². The number of amides is 1. The Morgan fingerprint density at radius 1 is 1.33 bits per heavy atom. The van der Waals surface area contributed by atoms with Gasteiger partial charge in [0.15, 0.2) is 0 Å². The summed E-state index contributed by atoms with van der Waals surface area (Å²) < 4.78 is 11.1. The monoisotopic (exact) mass is 297 g/mol. The fourth-order valence-electron chi connectivity index (χ4n) is 2.47. The van der Waals surface area contributed by atoms with E-state index in [9.17, 15) is 4.79 Å². The van der Waals surface area contributed by atoms with Crippen LogP contribution < -0.4 is 5.73 Å². The molecule has 0 saturated carbocycles. The summed E-state index contributed by atoms with van der Waals surface area (Å²) in [5, 5.41) is 0. The Morgan fingerprint density at radius 2 is 1.90 bits per heavy atom. The average molecular weight is 297 g/mol. The van der Waals surface area contributed by atoms with Gasteiger partial charge in [-0.15, -0.1) is 0 Å². The Hall–Kier alpha value is -1.30. The van der Waals surface area contributed by atoms with Crippen LogP contribution >= 0.6 is 0 Å². The highest BCUT2D eigenvalue weighted by Crippen LogP contribution is 2.29. The number of hydrogen-bond donors (Lipinski definition) is 1. The normalized spacial score (nSPS) is 24.3. The van der Waals surface area contributed by atoms with E-state index in [2.05, 4.69) is 4.99 Å². The molecule has 0 aliphatic carbocycles. The van der Waals surface area contributed by atoms with E-state index in [0.29, 0.717) is 38.4 Å². The molecule has 0 spiro atoms. The number of nitrogens with two attached hydrogens (primary N) is 1. The molecule has 2 aliphatic heterocycles. The number of piperidine rings is 1. The summed E-state index contributed by atoms with van der Waals surface area (Å²) in [5.74, 6) is 0.635. The van der Waals surface area contributed by atoms with Crippen molar-refractivity contribution in [1.29, 1.82) is 0 Å². The summed E-state index contributed by atoms with van der Waals surface area (Å²) in [5.41, 5.74) is 5.20. The first-order valence-electron chi connectivity index (χ1n) is 7.51. The molecule has 1 amide bonds. The third-order valence-corrected chi connectivity index (χ3v) is 3.70. The van der Waals surface area contributed by atoms with Crippen LogP contribution in [0.3, 0.4) is 0 Å². The van der Waals surface area contributed by atoms with Crippen LogP contribution in [-0.2, 0) is 9.47 Å². The molecule has 120 valence electrons. The van der Waals surface area contributed by atoms with E-state index in [-0.39, 0.29) is 11.6 Å². The van der Waals surface area contributed by atoms with Gasteiger partial charge in [0.2, 0.25) is 5.90 Å². The lowest BCUT2D eigenvalue weighted by atomic mass is 9.88. The van der Waals surface area contributed by atoms with Crippen LogP contribution in [0.25, 0.3) is 0 Å². The largest absolute Gasteiger partial charge is 0.477 e. The van der Waals surface area contributed by atoms with Crippen LogP contribution in [-0.4, -0.2) is 53.3 Å². The van der Waals surface area contributed by atoms with Crippen molar-refractivity contribution in [2.75, 3.05) is 19.7 Å². The van der Waals surface area contributed by atoms with Gasteiger partial charge in [-0.05, 0) is 47.5 Å². The fourth-order valence-corrected chi connectivity index (χ4v) is 2.47. The molecule has 0 bridgehead atoms. The van der Waals surface area contributed by atoms with Gasteiger partial charge < -0.3 is 20.1 Å². The van der Waals surface area contributed by atoms with E-state index >= 15 is 0 Å². The lowest BCUT2D eigenvalue weighted by Gasteiger charge is -2.38. The number of ether oxygens (including phenoxy) is 2. The number of rotatable bonds is 1. The second-order valence-corrected chi connectivity index (χ2v) is 7.64. The number of nitrogens with zero attached hydrogens (tertiary/aromatic N) is 2. The van der Waals surface area contributed by atoms with Crippen LogP contribution in [0.2, 0.25) is 0 Å². The minimum absolute atomic E-state index is 0.204. The molecule has 6 nitrogen and oxygen atoms in total. The highest BCUT2D eigenvalue weighted by molar-refractivity contribution is 5.88. The maximum Gasteiger partial charge on any atom is 0.410 e. The Labute approximate surface area is 126 Å². The van der Waals surface area contributed by atoms with Gasteiger partial charge in [0, 0.05) is 13.1 Å². The lowest BCUT2D eigenvalue weighted by Crippen LogP contribution is -2.57. The van der Waals surface area contributed by atoms with Crippen molar-refractivity contribution in [3.63, 3.8) is 0 Å². The molecule has 0 atom stereocenters. The van der Waals surface area contributed by atoms with E-state index in [4.69, 9.17) is 15.2 Å². The fraction of sp³-hybridized carbons (Fsp3) is 0.867. The number of carbonyl (C=O) groups excluding carboxylic acids is 1. The third kappa shape index (κ3) is 3.87. The Bertz CT molecular complexity index is 444. The van der Waals surface area contributed by atoms with Gasteiger partial charge in [-0.2, -0.15) is 0 Å². The Morgan fingerprint density at radius 3 is 2.33 bits per heavy atom. The maximum absolute atomic E-state index is 12.1. The van der Waals surface area contributed by atoms with Crippen LogP contribution in [0, 0.1) is 0 Å². The van der Waals surface area contributed by atoms with Crippen molar-refractivity contribution >= 4 is 12.0 Å². The van der Waals surface area contributed by atoms with Crippen molar-refractivity contribution in [2.45, 2.75) is 64.1 Å². The van der Waals surface area contributed by atoms with Crippen LogP contribution in [0.15, 0.2) is 4.99 Å². The molecule has 1 saturated heterocycles. The molecule has 2 aliphatic rings. The van der Waals surface area contributed by atoms with Gasteiger partial charge in [-0.25, -0.2) is 9.79 Å². The molecule has 21 heavy (non-hydrogen) atoms. The Kier molecular flexibility index (Phi) is 3.95. The minimum Gasteiger partial charge on any atom is -0.477 e. The summed E-state index contributed by atoms with van der Waals surface area (Å²) in [6.07, 6.45) is 1.00. The number of likely N-dealkylation sites (tertiary alicyclic amines) is 1. The van der Waals surface area contributed by atoms with E-state index in [1.807, 2.05) is 34.6 Å². The van der Waals surface area contributed by atoms with Gasteiger partial charge in [0.05, 0.1) is 11.1 Å². The predicted octanol–water partition coefficient (Wildman–Crippen LogP) is 1.92. The zero-order valence-corrected chi connectivity index (χ0v) is 13.7. The van der Waals surface area contributed by atoms with Crippen LogP contribution in [0.1, 0.15) is 47.5 Å². The lowest BCUT2D eigenvalue weighted by molar-refractivity contribution is 0.0186. The van der Waals surface area contributed by atoms with Crippen molar-refractivity contribution in [2.24, 2.45) is 10.7 Å². The molecule has 0 aromatic rings. The average Bonchev–Trinajstić information content (AvgIpc) is 2.69. The van der Waals surface area contributed by atoms with Crippen molar-refractivity contribution in [3.05, 3.63) is 0 Å². The summed E-state index contributed by atoms with van der Waals surface area (Å²) in [6, 6.07) is 0. The van der Waals surface area contributed by atoms with Gasteiger partial charge in [0.25, 0.3) is 0 Å². The summed E-state index contributed by atoms with van der Waals surface area (Å²) in [6.45, 7) is 11.3. The zero-order valence-electron chi connectivity index (χ0n) is 13.7. The van der Waals surface area contributed by atoms with Gasteiger partial charge >= 0.3 is 6.09 Å². The van der Waals surface area contributed by atoms with Crippen molar-refractivity contribution in [1.82, 2.24) is 4.90 Å². The SMILES string of the molecule is CC1(C)COC(C2(N)CCN(C(=O)OC(C)(C)C)CC2)=N1. The molecular weight excluding hydrogens is 270 g/mol. The first-order valence-corrected chi connectivity index (χ1v) is 7.51. The van der Waals surface area contributed by atoms with Gasteiger partial charge in [0.1, 0.15) is 12.2 Å². The molecule has 6 heteroatoms. The number of aliphatic imine (C=N–C) groups is 1. The molecule has 0 radical (unpaired) electrons.